The summed E-state index contributed by atoms with van der Waals surface area (Å²) in [5.74, 6) is 0.648. The van der Waals surface area contributed by atoms with Crippen molar-refractivity contribution in [2.45, 2.75) is 32.1 Å². The molecular formula is C17H15BrN2OS. The second kappa shape index (κ2) is 5.63. The lowest BCUT2D eigenvalue weighted by Crippen LogP contribution is -2.10. The summed E-state index contributed by atoms with van der Waals surface area (Å²) in [6.07, 6.45) is 5.74. The van der Waals surface area contributed by atoms with Crippen molar-refractivity contribution in [1.29, 1.82) is 0 Å². The fourth-order valence-electron chi connectivity index (χ4n) is 3.11. The molecule has 0 unspecified atom stereocenters. The van der Waals surface area contributed by atoms with E-state index in [2.05, 4.69) is 20.9 Å². The third-order valence-electron chi connectivity index (χ3n) is 4.17. The van der Waals surface area contributed by atoms with Crippen LogP contribution in [0.5, 0.6) is 0 Å². The normalized spacial score (nSPS) is 14.8. The Hall–Kier alpha value is -1.46. The summed E-state index contributed by atoms with van der Waals surface area (Å²) in [5, 5.41) is 0.820. The Labute approximate surface area is 140 Å². The van der Waals surface area contributed by atoms with Crippen molar-refractivity contribution < 1.29 is 0 Å². The molecule has 112 valence electrons. The molecule has 0 radical (unpaired) electrons. The largest absolute Gasteiger partial charge is 0.306 e. The highest BCUT2D eigenvalue weighted by Crippen LogP contribution is 2.33. The maximum Gasteiger partial charge on any atom is 0.260 e. The minimum atomic E-state index is -0.000578. The summed E-state index contributed by atoms with van der Waals surface area (Å²) in [5.41, 5.74) is 2.17. The van der Waals surface area contributed by atoms with Gasteiger partial charge >= 0.3 is 0 Å². The molecule has 4 rings (SSSR count). The first-order valence-corrected chi connectivity index (χ1v) is 9.14. The molecule has 1 N–H and O–H groups in total. The molecule has 0 fully saturated rings. The van der Waals surface area contributed by atoms with Crippen molar-refractivity contribution in [2.75, 3.05) is 0 Å². The second-order valence-corrected chi connectivity index (χ2v) is 7.67. The zero-order chi connectivity index (χ0) is 15.1. The van der Waals surface area contributed by atoms with Crippen LogP contribution in [-0.4, -0.2) is 9.97 Å². The third-order valence-corrected chi connectivity index (χ3v) is 5.85. The number of aromatic nitrogens is 2. The van der Waals surface area contributed by atoms with E-state index in [-0.39, 0.29) is 5.56 Å². The van der Waals surface area contributed by atoms with Gasteiger partial charge < -0.3 is 4.98 Å². The molecule has 0 amide bonds. The van der Waals surface area contributed by atoms with Crippen LogP contribution in [0.3, 0.4) is 0 Å². The molecule has 2 aromatic heterocycles. The van der Waals surface area contributed by atoms with Crippen LogP contribution in [0.1, 0.15) is 29.7 Å². The van der Waals surface area contributed by atoms with E-state index in [1.807, 2.05) is 24.3 Å². The molecule has 5 heteroatoms. The number of H-pyrrole nitrogens is 1. The van der Waals surface area contributed by atoms with E-state index in [9.17, 15) is 4.79 Å². The van der Waals surface area contributed by atoms with Crippen LogP contribution in [0.15, 0.2) is 33.5 Å². The fraction of sp³-hybridized carbons (Fsp3) is 0.294. The third kappa shape index (κ3) is 2.42. The highest BCUT2D eigenvalue weighted by atomic mass is 79.9. The first-order valence-electron chi connectivity index (χ1n) is 7.53. The van der Waals surface area contributed by atoms with Gasteiger partial charge in [-0.15, -0.1) is 11.3 Å². The lowest BCUT2D eigenvalue weighted by molar-refractivity contribution is 0.713. The van der Waals surface area contributed by atoms with Crippen LogP contribution in [0, 0.1) is 0 Å². The van der Waals surface area contributed by atoms with Crippen molar-refractivity contribution >= 4 is 37.5 Å². The molecule has 0 saturated carbocycles. The number of halogens is 1. The zero-order valence-corrected chi connectivity index (χ0v) is 14.4. The van der Waals surface area contributed by atoms with Gasteiger partial charge in [0.2, 0.25) is 0 Å². The standard InChI is InChI=1S/C17H15BrN2OS/c18-11-6-4-5-10(9-11)15-19-16(21)14-12-7-2-1-3-8-13(12)22-17(14)20-15/h4-6,9H,1-3,7-8H2,(H,19,20,21). The Morgan fingerprint density at radius 3 is 2.91 bits per heavy atom. The Morgan fingerprint density at radius 2 is 2.05 bits per heavy atom. The van der Waals surface area contributed by atoms with Gasteiger partial charge in [0.1, 0.15) is 10.7 Å². The number of benzene rings is 1. The summed E-state index contributed by atoms with van der Waals surface area (Å²) in [7, 11) is 0. The first-order chi connectivity index (χ1) is 10.7. The van der Waals surface area contributed by atoms with Crippen molar-refractivity contribution in [3.63, 3.8) is 0 Å². The maximum atomic E-state index is 12.6. The number of thiophene rings is 1. The quantitative estimate of drug-likeness (QED) is 0.628. The lowest BCUT2D eigenvalue weighted by Gasteiger charge is -2.02. The average Bonchev–Trinajstić information content (AvgIpc) is 2.70. The molecule has 0 bridgehead atoms. The molecule has 1 aliphatic carbocycles. The molecule has 0 aliphatic heterocycles. The smallest absolute Gasteiger partial charge is 0.260 e. The predicted octanol–water partition coefficient (Wildman–Crippen LogP) is 4.68. The Kier molecular flexibility index (Phi) is 3.62. The summed E-state index contributed by atoms with van der Waals surface area (Å²) in [6, 6.07) is 7.86. The molecule has 1 aliphatic rings. The van der Waals surface area contributed by atoms with E-state index in [0.717, 1.165) is 33.1 Å². The van der Waals surface area contributed by atoms with Gasteiger partial charge in [-0.2, -0.15) is 0 Å². The predicted molar refractivity (Wildman–Crippen MR) is 94.6 cm³/mol. The van der Waals surface area contributed by atoms with E-state index in [4.69, 9.17) is 4.98 Å². The number of aromatic amines is 1. The number of aryl methyl sites for hydroxylation is 2. The van der Waals surface area contributed by atoms with E-state index < -0.39 is 0 Å². The van der Waals surface area contributed by atoms with Gasteiger partial charge in [-0.3, -0.25) is 4.79 Å². The molecule has 22 heavy (non-hydrogen) atoms. The minimum Gasteiger partial charge on any atom is -0.306 e. The van der Waals surface area contributed by atoms with Gasteiger partial charge in [0, 0.05) is 14.9 Å². The van der Waals surface area contributed by atoms with Crippen molar-refractivity contribution in [3.05, 3.63) is 49.5 Å². The van der Waals surface area contributed by atoms with Crippen LogP contribution < -0.4 is 5.56 Å². The highest BCUT2D eigenvalue weighted by molar-refractivity contribution is 9.10. The average molecular weight is 375 g/mol. The van der Waals surface area contributed by atoms with E-state index in [1.54, 1.807) is 11.3 Å². The number of fused-ring (bicyclic) bond motifs is 3. The van der Waals surface area contributed by atoms with E-state index in [0.29, 0.717) is 5.82 Å². The fourth-order valence-corrected chi connectivity index (χ4v) is 4.77. The SMILES string of the molecule is O=c1[nH]c(-c2cccc(Br)c2)nc2sc3c(c12)CCCCC3. The van der Waals surface area contributed by atoms with Crippen molar-refractivity contribution in [2.24, 2.45) is 0 Å². The molecule has 3 nitrogen and oxygen atoms in total. The summed E-state index contributed by atoms with van der Waals surface area (Å²) in [4.78, 5) is 22.5. The number of nitrogens with zero attached hydrogens (tertiary/aromatic N) is 1. The van der Waals surface area contributed by atoms with E-state index >= 15 is 0 Å². The van der Waals surface area contributed by atoms with Crippen LogP contribution in [0.2, 0.25) is 0 Å². The van der Waals surface area contributed by atoms with Gasteiger partial charge in [0.05, 0.1) is 5.39 Å². The van der Waals surface area contributed by atoms with Crippen molar-refractivity contribution in [1.82, 2.24) is 9.97 Å². The molecule has 0 saturated heterocycles. The van der Waals surface area contributed by atoms with Gasteiger partial charge in [0.25, 0.3) is 5.56 Å². The number of hydrogen-bond acceptors (Lipinski definition) is 3. The zero-order valence-electron chi connectivity index (χ0n) is 12.0. The molecule has 0 atom stereocenters. The number of rotatable bonds is 1. The van der Waals surface area contributed by atoms with Crippen LogP contribution in [0.25, 0.3) is 21.6 Å². The van der Waals surface area contributed by atoms with Crippen LogP contribution in [-0.2, 0) is 12.8 Å². The van der Waals surface area contributed by atoms with Gasteiger partial charge in [-0.1, -0.05) is 34.5 Å². The van der Waals surface area contributed by atoms with Gasteiger partial charge in [-0.05, 0) is 43.4 Å². The highest BCUT2D eigenvalue weighted by Gasteiger charge is 2.19. The van der Waals surface area contributed by atoms with E-state index in [1.165, 1.54) is 29.7 Å². The molecule has 3 aromatic rings. The summed E-state index contributed by atoms with van der Waals surface area (Å²) < 4.78 is 0.981. The number of nitrogens with one attached hydrogen (secondary N) is 1. The molecular weight excluding hydrogens is 360 g/mol. The lowest BCUT2D eigenvalue weighted by atomic mass is 10.1. The topological polar surface area (TPSA) is 45.8 Å². The Balaban J connectivity index is 1.92. The monoisotopic (exact) mass is 374 g/mol. The van der Waals surface area contributed by atoms with Crippen LogP contribution in [0.4, 0.5) is 0 Å². The Bertz CT molecular complexity index is 913. The molecule has 0 spiro atoms. The van der Waals surface area contributed by atoms with Gasteiger partial charge in [-0.25, -0.2) is 4.98 Å². The molecule has 1 aromatic carbocycles. The number of hydrogen-bond donors (Lipinski definition) is 1. The van der Waals surface area contributed by atoms with Crippen molar-refractivity contribution in [3.8, 4) is 11.4 Å². The van der Waals surface area contributed by atoms with Gasteiger partial charge in [0.15, 0.2) is 0 Å². The Morgan fingerprint density at radius 1 is 1.18 bits per heavy atom. The van der Waals surface area contributed by atoms with Crippen LogP contribution >= 0.6 is 27.3 Å². The minimum absolute atomic E-state index is 0.000578. The summed E-state index contributed by atoms with van der Waals surface area (Å²) >= 11 is 5.16. The molecule has 2 heterocycles. The second-order valence-electron chi connectivity index (χ2n) is 5.67. The maximum absolute atomic E-state index is 12.6. The first kappa shape index (κ1) is 14.2. The summed E-state index contributed by atoms with van der Waals surface area (Å²) in [6.45, 7) is 0.